The summed E-state index contributed by atoms with van der Waals surface area (Å²) in [5.74, 6) is -0.277. The molecule has 1 aromatic rings. The number of nitrogens with one attached hydrogen (secondary N) is 1. The molecule has 2 unspecified atom stereocenters. The molecule has 3 heterocycles. The second kappa shape index (κ2) is 10.0. The molecule has 0 spiro atoms. The summed E-state index contributed by atoms with van der Waals surface area (Å²) in [5.41, 5.74) is 9.46. The number of nitrogens with two attached hydrogens (primary N) is 1. The Labute approximate surface area is 206 Å². The number of pyridine rings is 1. The molecular formula is C27H35FN6O. The fourth-order valence-corrected chi connectivity index (χ4v) is 5.88. The van der Waals surface area contributed by atoms with Crippen molar-refractivity contribution in [3.63, 3.8) is 0 Å². The standard InChI is InChI=1S/C27H35FN6O/c1-17-11-18(13-19(29)12-17)21-5-6-30-16-25(21)32-27(35)22-3-4-24(28)23-14-20(15-31-26(22)23)34-9-7-33(2)8-10-34/h3-6,14-19,23,26H,7-13,29H2,1-2H3,(H,32,35)/t17-,18+,19-,23?,26?/m0/s1. The number of piperazine rings is 1. The van der Waals surface area contributed by atoms with Gasteiger partial charge in [-0.05, 0) is 68.0 Å². The van der Waals surface area contributed by atoms with Gasteiger partial charge in [0, 0.05) is 50.2 Å². The lowest BCUT2D eigenvalue weighted by atomic mass is 9.76. The minimum absolute atomic E-state index is 0.160. The first kappa shape index (κ1) is 23.9. The van der Waals surface area contributed by atoms with Gasteiger partial charge in [-0.1, -0.05) is 6.92 Å². The molecule has 7 nitrogen and oxygen atoms in total. The smallest absolute Gasteiger partial charge is 0.253 e. The van der Waals surface area contributed by atoms with E-state index in [1.165, 1.54) is 6.08 Å². The van der Waals surface area contributed by atoms with Gasteiger partial charge in [-0.2, -0.15) is 0 Å². The van der Waals surface area contributed by atoms with E-state index >= 15 is 0 Å². The highest BCUT2D eigenvalue weighted by molar-refractivity contribution is 6.06. The van der Waals surface area contributed by atoms with Crippen LogP contribution in [0.5, 0.6) is 0 Å². The molecule has 3 N–H and O–H groups in total. The Hall–Kier alpha value is -2.84. The first-order chi connectivity index (χ1) is 16.9. The summed E-state index contributed by atoms with van der Waals surface area (Å²) in [4.78, 5) is 26.8. The maximum Gasteiger partial charge on any atom is 0.253 e. The molecule has 4 aliphatic rings. The number of halogens is 1. The second-order valence-corrected chi connectivity index (χ2v) is 10.5. The van der Waals surface area contributed by atoms with Crippen LogP contribution in [0, 0.1) is 11.8 Å². The summed E-state index contributed by atoms with van der Waals surface area (Å²) in [6, 6.07) is 1.57. The number of hydrogen-bond donors (Lipinski definition) is 2. The van der Waals surface area contributed by atoms with Gasteiger partial charge in [0.25, 0.3) is 5.91 Å². The Morgan fingerprint density at radius 1 is 1.17 bits per heavy atom. The zero-order chi connectivity index (χ0) is 24.5. The minimum Gasteiger partial charge on any atom is -0.368 e. The third kappa shape index (κ3) is 5.09. The lowest BCUT2D eigenvalue weighted by molar-refractivity contribution is -0.113. The first-order valence-corrected chi connectivity index (χ1v) is 12.7. The van der Waals surface area contributed by atoms with E-state index in [4.69, 9.17) is 5.73 Å². The quantitative estimate of drug-likeness (QED) is 0.694. The number of aromatic nitrogens is 1. The summed E-state index contributed by atoms with van der Waals surface area (Å²) < 4.78 is 14.9. The third-order valence-electron chi connectivity index (χ3n) is 7.77. The maximum atomic E-state index is 14.9. The van der Waals surface area contributed by atoms with E-state index in [1.807, 2.05) is 12.1 Å². The van der Waals surface area contributed by atoms with Crippen LogP contribution in [0.4, 0.5) is 10.1 Å². The van der Waals surface area contributed by atoms with Crippen LogP contribution in [0.25, 0.3) is 0 Å². The molecule has 0 radical (unpaired) electrons. The van der Waals surface area contributed by atoms with Gasteiger partial charge in [0.05, 0.1) is 29.5 Å². The number of anilines is 1. The first-order valence-electron chi connectivity index (χ1n) is 12.7. The van der Waals surface area contributed by atoms with Crippen molar-refractivity contribution in [2.75, 3.05) is 38.5 Å². The molecule has 1 aromatic heterocycles. The average molecular weight is 479 g/mol. The van der Waals surface area contributed by atoms with E-state index in [1.54, 1.807) is 24.7 Å². The predicted molar refractivity (Wildman–Crippen MR) is 137 cm³/mol. The van der Waals surface area contributed by atoms with E-state index in [2.05, 4.69) is 39.1 Å². The molecular weight excluding hydrogens is 443 g/mol. The van der Waals surface area contributed by atoms with Crippen molar-refractivity contribution in [1.29, 1.82) is 0 Å². The summed E-state index contributed by atoms with van der Waals surface area (Å²) in [6.45, 7) is 5.91. The molecule has 186 valence electrons. The number of nitrogens with zero attached hydrogens (tertiary/aromatic N) is 4. The Morgan fingerprint density at radius 3 is 2.74 bits per heavy atom. The number of hydrogen-bond acceptors (Lipinski definition) is 6. The Balaban J connectivity index is 1.33. The third-order valence-corrected chi connectivity index (χ3v) is 7.77. The van der Waals surface area contributed by atoms with Gasteiger partial charge in [0.15, 0.2) is 0 Å². The zero-order valence-electron chi connectivity index (χ0n) is 20.5. The number of carbonyl (C=O) groups excluding carboxylic acids is 1. The molecule has 2 fully saturated rings. The van der Waals surface area contributed by atoms with Crippen molar-refractivity contribution >= 4 is 17.8 Å². The van der Waals surface area contributed by atoms with Gasteiger partial charge in [0.2, 0.25) is 0 Å². The molecule has 2 aliphatic carbocycles. The Kier molecular flexibility index (Phi) is 6.84. The van der Waals surface area contributed by atoms with Gasteiger partial charge in [-0.3, -0.25) is 14.8 Å². The van der Waals surface area contributed by atoms with E-state index in [-0.39, 0.29) is 23.7 Å². The molecule has 1 amide bonds. The van der Waals surface area contributed by atoms with Gasteiger partial charge in [-0.25, -0.2) is 4.39 Å². The summed E-state index contributed by atoms with van der Waals surface area (Å²) in [5, 5.41) is 3.06. The Bertz CT molecular complexity index is 1080. The highest BCUT2D eigenvalue weighted by Gasteiger charge is 2.36. The number of dihydropyridines is 1. The van der Waals surface area contributed by atoms with Crippen LogP contribution in [-0.4, -0.2) is 72.2 Å². The van der Waals surface area contributed by atoms with E-state index in [9.17, 15) is 9.18 Å². The van der Waals surface area contributed by atoms with Crippen molar-refractivity contribution in [3.05, 3.63) is 59.3 Å². The molecule has 5 atom stereocenters. The lowest BCUT2D eigenvalue weighted by Gasteiger charge is -2.37. The monoisotopic (exact) mass is 478 g/mol. The largest absolute Gasteiger partial charge is 0.368 e. The molecule has 0 aromatic carbocycles. The fraction of sp³-hybridized carbons (Fsp3) is 0.519. The SMILES string of the molecule is C[C@@H]1C[C@H](N)C[C@H](c2ccncc2NC(=O)C2=CC=C(F)C3C=C(N4CCN(C)CC4)C=NC23)C1. The van der Waals surface area contributed by atoms with Crippen LogP contribution >= 0.6 is 0 Å². The van der Waals surface area contributed by atoms with Gasteiger partial charge in [-0.15, -0.1) is 0 Å². The van der Waals surface area contributed by atoms with Gasteiger partial charge < -0.3 is 20.9 Å². The number of likely N-dealkylation sites (N-methyl/N-ethyl adjacent to an activating group) is 1. The predicted octanol–water partition coefficient (Wildman–Crippen LogP) is 3.24. The summed E-state index contributed by atoms with van der Waals surface area (Å²) in [7, 11) is 2.10. The number of carbonyl (C=O) groups is 1. The van der Waals surface area contributed by atoms with Crippen molar-refractivity contribution in [1.82, 2.24) is 14.8 Å². The highest BCUT2D eigenvalue weighted by atomic mass is 19.1. The van der Waals surface area contributed by atoms with E-state index in [0.29, 0.717) is 17.2 Å². The van der Waals surface area contributed by atoms with Crippen molar-refractivity contribution in [3.8, 4) is 0 Å². The average Bonchev–Trinajstić information content (AvgIpc) is 2.84. The number of rotatable bonds is 4. The number of amides is 1. The molecule has 1 saturated heterocycles. The molecule has 8 heteroatoms. The number of aliphatic imine (C=N–C) groups is 1. The van der Waals surface area contributed by atoms with Crippen LogP contribution < -0.4 is 11.1 Å². The lowest BCUT2D eigenvalue weighted by Crippen LogP contribution is -2.45. The summed E-state index contributed by atoms with van der Waals surface area (Å²) >= 11 is 0. The zero-order valence-corrected chi connectivity index (χ0v) is 20.5. The molecule has 5 rings (SSSR count). The fourth-order valence-electron chi connectivity index (χ4n) is 5.88. The summed E-state index contributed by atoms with van der Waals surface area (Å²) in [6.07, 6.45) is 13.1. The van der Waals surface area contributed by atoms with Crippen LogP contribution in [0.3, 0.4) is 0 Å². The molecule has 2 aliphatic heterocycles. The van der Waals surface area contributed by atoms with E-state index in [0.717, 1.165) is 56.7 Å². The molecule has 0 bridgehead atoms. The molecule has 1 saturated carbocycles. The van der Waals surface area contributed by atoms with Crippen LogP contribution in [-0.2, 0) is 4.79 Å². The van der Waals surface area contributed by atoms with Crippen LogP contribution in [0.2, 0.25) is 0 Å². The topological polar surface area (TPSA) is 86.8 Å². The van der Waals surface area contributed by atoms with Crippen LogP contribution in [0.15, 0.2) is 58.8 Å². The van der Waals surface area contributed by atoms with Crippen molar-refractivity contribution in [2.45, 2.75) is 44.2 Å². The molecule has 35 heavy (non-hydrogen) atoms. The maximum absolute atomic E-state index is 14.9. The number of allylic oxidation sites excluding steroid dienone is 3. The van der Waals surface area contributed by atoms with Crippen molar-refractivity contribution < 1.29 is 9.18 Å². The highest BCUT2D eigenvalue weighted by Crippen LogP contribution is 2.39. The Morgan fingerprint density at radius 2 is 1.97 bits per heavy atom. The second-order valence-electron chi connectivity index (χ2n) is 10.5. The van der Waals surface area contributed by atoms with Gasteiger partial charge in [0.1, 0.15) is 5.83 Å². The van der Waals surface area contributed by atoms with Gasteiger partial charge >= 0.3 is 0 Å². The number of fused-ring (bicyclic) bond motifs is 1. The normalized spacial score (nSPS) is 31.3. The van der Waals surface area contributed by atoms with Crippen LogP contribution in [0.1, 0.15) is 37.7 Å². The van der Waals surface area contributed by atoms with Crippen molar-refractivity contribution in [2.24, 2.45) is 22.6 Å². The van der Waals surface area contributed by atoms with E-state index < -0.39 is 12.0 Å². The minimum atomic E-state index is -0.570.